The molecular weight excluding hydrogens is 268 g/mol. The molecule has 3 rings (SSSR count). The Labute approximate surface area is 122 Å². The first-order valence-corrected chi connectivity index (χ1v) is 6.98. The molecular formula is C15H18N4O2. The lowest BCUT2D eigenvalue weighted by Gasteiger charge is -2.16. The zero-order valence-electron chi connectivity index (χ0n) is 11.8. The van der Waals surface area contributed by atoms with Gasteiger partial charge in [-0.1, -0.05) is 24.3 Å². The molecule has 1 amide bonds. The lowest BCUT2D eigenvalue weighted by atomic mass is 10.1. The lowest BCUT2D eigenvalue weighted by molar-refractivity contribution is 0.0862. The van der Waals surface area contributed by atoms with E-state index in [1.807, 2.05) is 31.2 Å². The van der Waals surface area contributed by atoms with E-state index in [1.54, 1.807) is 6.07 Å². The summed E-state index contributed by atoms with van der Waals surface area (Å²) in [5, 5.41) is 4.77. The number of pyridine rings is 1. The number of nitrogens with one attached hydrogen (secondary N) is 2. The van der Waals surface area contributed by atoms with Gasteiger partial charge in [0.25, 0.3) is 5.91 Å². The number of carbonyl (C=O) groups excluding carboxylic acids is 1. The van der Waals surface area contributed by atoms with Gasteiger partial charge in [0.15, 0.2) is 0 Å². The van der Waals surface area contributed by atoms with E-state index in [4.69, 9.17) is 10.6 Å². The van der Waals surface area contributed by atoms with Crippen LogP contribution in [0.1, 0.15) is 23.8 Å². The summed E-state index contributed by atoms with van der Waals surface area (Å²) < 4.78 is 5.45. The van der Waals surface area contributed by atoms with Crippen LogP contribution in [0.25, 0.3) is 10.8 Å². The number of ether oxygens (including phenoxy) is 1. The molecule has 1 aromatic carbocycles. The number of hydrogen-bond donors (Lipinski definition) is 3. The number of nitrogens with two attached hydrogens (primary N) is 1. The molecule has 6 heteroatoms. The van der Waals surface area contributed by atoms with Gasteiger partial charge in [0, 0.05) is 12.0 Å². The molecule has 0 spiro atoms. The summed E-state index contributed by atoms with van der Waals surface area (Å²) >= 11 is 0. The third kappa shape index (κ3) is 2.68. The van der Waals surface area contributed by atoms with Crippen LogP contribution in [-0.2, 0) is 4.74 Å². The summed E-state index contributed by atoms with van der Waals surface area (Å²) in [7, 11) is 0. The zero-order chi connectivity index (χ0) is 14.8. The van der Waals surface area contributed by atoms with Gasteiger partial charge in [0.1, 0.15) is 11.5 Å². The SMILES string of the molecule is CC1OCCC1NC(=O)c1cc2ccccc2c(NN)n1. The maximum absolute atomic E-state index is 12.4. The van der Waals surface area contributed by atoms with E-state index in [0.29, 0.717) is 18.1 Å². The number of amides is 1. The fraction of sp³-hybridized carbons (Fsp3) is 0.333. The fourth-order valence-corrected chi connectivity index (χ4v) is 2.59. The molecule has 2 atom stereocenters. The average molecular weight is 286 g/mol. The molecule has 0 radical (unpaired) electrons. The monoisotopic (exact) mass is 286 g/mol. The Bertz CT molecular complexity index is 674. The molecule has 21 heavy (non-hydrogen) atoms. The minimum Gasteiger partial charge on any atom is -0.376 e. The van der Waals surface area contributed by atoms with Crippen molar-refractivity contribution in [3.63, 3.8) is 0 Å². The summed E-state index contributed by atoms with van der Waals surface area (Å²) in [6, 6.07) is 9.45. The lowest BCUT2D eigenvalue weighted by Crippen LogP contribution is -2.39. The first-order valence-electron chi connectivity index (χ1n) is 6.98. The number of hydrogen-bond acceptors (Lipinski definition) is 5. The Balaban J connectivity index is 1.91. The second-order valence-electron chi connectivity index (χ2n) is 5.17. The predicted molar refractivity (Wildman–Crippen MR) is 80.8 cm³/mol. The normalized spacial score (nSPS) is 21.4. The van der Waals surface area contributed by atoms with E-state index < -0.39 is 0 Å². The van der Waals surface area contributed by atoms with Crippen molar-refractivity contribution in [2.45, 2.75) is 25.5 Å². The smallest absolute Gasteiger partial charge is 0.270 e. The molecule has 1 saturated heterocycles. The number of carbonyl (C=O) groups is 1. The highest BCUT2D eigenvalue weighted by Crippen LogP contribution is 2.22. The van der Waals surface area contributed by atoms with E-state index in [0.717, 1.165) is 17.2 Å². The van der Waals surface area contributed by atoms with Gasteiger partial charge in [0.2, 0.25) is 0 Å². The molecule has 6 nitrogen and oxygen atoms in total. The van der Waals surface area contributed by atoms with Gasteiger partial charge in [-0.3, -0.25) is 4.79 Å². The van der Waals surface area contributed by atoms with Crippen LogP contribution in [0, 0.1) is 0 Å². The molecule has 2 unspecified atom stereocenters. The van der Waals surface area contributed by atoms with Gasteiger partial charge in [-0.15, -0.1) is 0 Å². The van der Waals surface area contributed by atoms with Crippen LogP contribution in [0.4, 0.5) is 5.82 Å². The minimum atomic E-state index is -0.209. The van der Waals surface area contributed by atoms with Gasteiger partial charge < -0.3 is 15.5 Å². The number of anilines is 1. The zero-order valence-corrected chi connectivity index (χ0v) is 11.8. The molecule has 1 aliphatic heterocycles. The third-order valence-corrected chi connectivity index (χ3v) is 3.80. The minimum absolute atomic E-state index is 0.0278. The number of fused-ring (bicyclic) bond motifs is 1. The topological polar surface area (TPSA) is 89.3 Å². The molecule has 1 aromatic heterocycles. The average Bonchev–Trinajstić information content (AvgIpc) is 2.91. The molecule has 0 aliphatic carbocycles. The highest BCUT2D eigenvalue weighted by atomic mass is 16.5. The maximum atomic E-state index is 12.4. The molecule has 1 fully saturated rings. The van der Waals surface area contributed by atoms with E-state index >= 15 is 0 Å². The number of nitrogens with zero attached hydrogens (tertiary/aromatic N) is 1. The maximum Gasteiger partial charge on any atom is 0.270 e. The molecule has 4 N–H and O–H groups in total. The summed E-state index contributed by atoms with van der Waals surface area (Å²) in [5.74, 6) is 5.79. The van der Waals surface area contributed by atoms with Crippen LogP contribution in [0.3, 0.4) is 0 Å². The number of rotatable bonds is 3. The summed E-state index contributed by atoms with van der Waals surface area (Å²) in [4.78, 5) is 16.7. The number of hydrazine groups is 1. The fourth-order valence-electron chi connectivity index (χ4n) is 2.59. The Kier molecular flexibility index (Phi) is 3.72. The van der Waals surface area contributed by atoms with E-state index in [9.17, 15) is 4.79 Å². The van der Waals surface area contributed by atoms with Crippen LogP contribution < -0.4 is 16.6 Å². The standard InChI is InChI=1S/C15H18N4O2/c1-9-12(6-7-21-9)18-15(20)13-8-10-4-2-3-5-11(10)14(17-13)19-16/h2-5,8-9,12H,6-7,16H2,1H3,(H,17,19)(H,18,20). The van der Waals surface area contributed by atoms with E-state index in [1.165, 1.54) is 0 Å². The molecule has 0 bridgehead atoms. The molecule has 110 valence electrons. The van der Waals surface area contributed by atoms with Crippen LogP contribution in [0.5, 0.6) is 0 Å². The summed E-state index contributed by atoms with van der Waals surface area (Å²) in [6.45, 7) is 2.63. The first kappa shape index (κ1) is 13.8. The van der Waals surface area contributed by atoms with Crippen molar-refractivity contribution in [1.82, 2.24) is 10.3 Å². The summed E-state index contributed by atoms with van der Waals surface area (Å²) in [5.41, 5.74) is 2.90. The van der Waals surface area contributed by atoms with Crippen LogP contribution in [0.2, 0.25) is 0 Å². The van der Waals surface area contributed by atoms with E-state index in [-0.39, 0.29) is 18.1 Å². The second kappa shape index (κ2) is 5.67. The van der Waals surface area contributed by atoms with Crippen LogP contribution in [0.15, 0.2) is 30.3 Å². The van der Waals surface area contributed by atoms with Crippen molar-refractivity contribution in [1.29, 1.82) is 0 Å². The number of aromatic nitrogens is 1. The Morgan fingerprint density at radius 1 is 1.43 bits per heavy atom. The molecule has 2 heterocycles. The molecule has 0 saturated carbocycles. The Morgan fingerprint density at radius 3 is 2.95 bits per heavy atom. The number of nitrogen functional groups attached to an aromatic ring is 1. The largest absolute Gasteiger partial charge is 0.376 e. The number of benzene rings is 1. The molecule has 2 aromatic rings. The quantitative estimate of drug-likeness (QED) is 0.586. The van der Waals surface area contributed by atoms with Gasteiger partial charge in [-0.05, 0) is 24.8 Å². The second-order valence-corrected chi connectivity index (χ2v) is 5.17. The van der Waals surface area contributed by atoms with Crippen LogP contribution >= 0.6 is 0 Å². The molecule has 1 aliphatic rings. The van der Waals surface area contributed by atoms with Crippen molar-refractivity contribution in [3.05, 3.63) is 36.0 Å². The van der Waals surface area contributed by atoms with Crippen molar-refractivity contribution in [2.75, 3.05) is 12.0 Å². The van der Waals surface area contributed by atoms with E-state index in [2.05, 4.69) is 15.7 Å². The van der Waals surface area contributed by atoms with Crippen LogP contribution in [-0.4, -0.2) is 29.6 Å². The predicted octanol–water partition coefficient (Wildman–Crippen LogP) is 1.43. The van der Waals surface area contributed by atoms with Gasteiger partial charge >= 0.3 is 0 Å². The van der Waals surface area contributed by atoms with Crippen molar-refractivity contribution < 1.29 is 9.53 Å². The van der Waals surface area contributed by atoms with Crippen molar-refractivity contribution in [3.8, 4) is 0 Å². The first-order chi connectivity index (χ1) is 10.2. The van der Waals surface area contributed by atoms with Crippen molar-refractivity contribution in [2.24, 2.45) is 5.84 Å². The van der Waals surface area contributed by atoms with Crippen molar-refractivity contribution >= 4 is 22.5 Å². The Morgan fingerprint density at radius 2 is 2.24 bits per heavy atom. The highest BCUT2D eigenvalue weighted by Gasteiger charge is 2.26. The summed E-state index contributed by atoms with van der Waals surface area (Å²) in [6.07, 6.45) is 0.851. The van der Waals surface area contributed by atoms with Gasteiger partial charge in [-0.2, -0.15) is 0 Å². The third-order valence-electron chi connectivity index (χ3n) is 3.80. The van der Waals surface area contributed by atoms with Gasteiger partial charge in [-0.25, -0.2) is 10.8 Å². The highest BCUT2D eigenvalue weighted by molar-refractivity contribution is 6.00. The Hall–Kier alpha value is -2.18. The van der Waals surface area contributed by atoms with Gasteiger partial charge in [0.05, 0.1) is 12.1 Å².